The minimum Gasteiger partial charge on any atom is -0.497 e. The van der Waals surface area contributed by atoms with Crippen LogP contribution < -0.4 is 4.74 Å². The lowest BCUT2D eigenvalue weighted by molar-refractivity contribution is -0.178. The van der Waals surface area contributed by atoms with E-state index in [4.69, 9.17) is 14.2 Å². The predicted octanol–water partition coefficient (Wildman–Crippen LogP) is 2.78. The maximum absolute atomic E-state index is 5.88. The van der Waals surface area contributed by atoms with Gasteiger partial charge in [0.1, 0.15) is 5.75 Å². The van der Waals surface area contributed by atoms with E-state index in [9.17, 15) is 0 Å². The van der Waals surface area contributed by atoms with Crippen LogP contribution in [-0.2, 0) is 15.9 Å². The summed E-state index contributed by atoms with van der Waals surface area (Å²) in [5.74, 6) is 1.26. The second kappa shape index (κ2) is 4.90. The SMILES string of the molecule is COc1ccc(C[C@H]2CO[C@@]3(CCCO3)C2)cc1. The summed E-state index contributed by atoms with van der Waals surface area (Å²) in [6.45, 7) is 1.68. The summed E-state index contributed by atoms with van der Waals surface area (Å²) in [4.78, 5) is 0. The maximum Gasteiger partial charge on any atom is 0.168 e. The summed E-state index contributed by atoms with van der Waals surface area (Å²) >= 11 is 0. The average molecular weight is 248 g/mol. The molecule has 18 heavy (non-hydrogen) atoms. The molecule has 0 aliphatic carbocycles. The minimum atomic E-state index is -0.239. The third-order valence-corrected chi connectivity index (χ3v) is 3.93. The predicted molar refractivity (Wildman–Crippen MR) is 68.7 cm³/mol. The Kier molecular flexibility index (Phi) is 3.27. The second-order valence-corrected chi connectivity index (χ2v) is 5.30. The number of hydrogen-bond donors (Lipinski definition) is 0. The van der Waals surface area contributed by atoms with Gasteiger partial charge in [0.2, 0.25) is 0 Å². The largest absolute Gasteiger partial charge is 0.497 e. The first-order valence-corrected chi connectivity index (χ1v) is 6.70. The first-order valence-electron chi connectivity index (χ1n) is 6.70. The highest BCUT2D eigenvalue weighted by Crippen LogP contribution is 2.40. The van der Waals surface area contributed by atoms with Crippen molar-refractivity contribution in [2.75, 3.05) is 20.3 Å². The first-order chi connectivity index (χ1) is 8.80. The molecule has 0 radical (unpaired) electrons. The highest BCUT2D eigenvalue weighted by molar-refractivity contribution is 5.27. The Balaban J connectivity index is 1.60. The van der Waals surface area contributed by atoms with Crippen molar-refractivity contribution in [2.45, 2.75) is 31.5 Å². The van der Waals surface area contributed by atoms with E-state index in [2.05, 4.69) is 12.1 Å². The molecule has 2 aliphatic rings. The van der Waals surface area contributed by atoms with E-state index in [1.54, 1.807) is 7.11 Å². The number of benzene rings is 1. The van der Waals surface area contributed by atoms with E-state index in [1.807, 2.05) is 12.1 Å². The molecule has 2 fully saturated rings. The van der Waals surface area contributed by atoms with Gasteiger partial charge >= 0.3 is 0 Å². The lowest BCUT2D eigenvalue weighted by Crippen LogP contribution is -2.25. The molecule has 0 unspecified atom stereocenters. The molecule has 2 saturated heterocycles. The third-order valence-electron chi connectivity index (χ3n) is 3.93. The van der Waals surface area contributed by atoms with Gasteiger partial charge in [-0.2, -0.15) is 0 Å². The zero-order chi connectivity index (χ0) is 12.4. The molecule has 2 atom stereocenters. The van der Waals surface area contributed by atoms with E-state index in [0.717, 1.165) is 44.6 Å². The van der Waals surface area contributed by atoms with Gasteiger partial charge in [-0.25, -0.2) is 0 Å². The summed E-state index contributed by atoms with van der Waals surface area (Å²) in [5, 5.41) is 0. The molecule has 0 aromatic heterocycles. The molecule has 1 aromatic carbocycles. The van der Waals surface area contributed by atoms with Gasteiger partial charge in [0, 0.05) is 12.8 Å². The zero-order valence-corrected chi connectivity index (χ0v) is 10.9. The third kappa shape index (κ3) is 2.38. The second-order valence-electron chi connectivity index (χ2n) is 5.30. The fraction of sp³-hybridized carbons (Fsp3) is 0.600. The number of hydrogen-bond acceptors (Lipinski definition) is 3. The molecule has 0 N–H and O–H groups in total. The average Bonchev–Trinajstić information content (AvgIpc) is 3.02. The molecule has 3 nitrogen and oxygen atoms in total. The lowest BCUT2D eigenvalue weighted by atomic mass is 9.94. The molecule has 3 rings (SSSR count). The van der Waals surface area contributed by atoms with E-state index in [1.165, 1.54) is 5.56 Å². The molecule has 0 bridgehead atoms. The van der Waals surface area contributed by atoms with E-state index in [-0.39, 0.29) is 5.79 Å². The van der Waals surface area contributed by atoms with Gasteiger partial charge < -0.3 is 14.2 Å². The Morgan fingerprint density at radius 3 is 2.78 bits per heavy atom. The van der Waals surface area contributed by atoms with Crippen molar-refractivity contribution in [3.05, 3.63) is 29.8 Å². The Labute approximate surface area is 108 Å². The summed E-state index contributed by atoms with van der Waals surface area (Å²) < 4.78 is 16.8. The molecular weight excluding hydrogens is 228 g/mol. The van der Waals surface area contributed by atoms with Crippen LogP contribution in [0.3, 0.4) is 0 Å². The van der Waals surface area contributed by atoms with Crippen LogP contribution in [0.5, 0.6) is 5.75 Å². The summed E-state index contributed by atoms with van der Waals surface area (Å²) in [6.07, 6.45) is 4.30. The number of rotatable bonds is 3. The Bertz CT molecular complexity index is 393. The topological polar surface area (TPSA) is 27.7 Å². The van der Waals surface area contributed by atoms with Gasteiger partial charge in [-0.05, 0) is 36.5 Å². The number of ether oxygens (including phenoxy) is 3. The fourth-order valence-electron chi connectivity index (χ4n) is 3.00. The van der Waals surface area contributed by atoms with E-state index < -0.39 is 0 Å². The van der Waals surface area contributed by atoms with Crippen molar-refractivity contribution < 1.29 is 14.2 Å². The van der Waals surface area contributed by atoms with E-state index >= 15 is 0 Å². The van der Waals surface area contributed by atoms with Gasteiger partial charge in [0.05, 0.1) is 20.3 Å². The normalized spacial score (nSPS) is 31.1. The lowest BCUT2D eigenvalue weighted by Gasteiger charge is -2.21. The Hall–Kier alpha value is -1.06. The van der Waals surface area contributed by atoms with Gasteiger partial charge in [0.25, 0.3) is 0 Å². The molecule has 1 aromatic rings. The smallest absolute Gasteiger partial charge is 0.168 e. The van der Waals surface area contributed by atoms with Crippen LogP contribution in [0.25, 0.3) is 0 Å². The van der Waals surface area contributed by atoms with Gasteiger partial charge in [-0.15, -0.1) is 0 Å². The van der Waals surface area contributed by atoms with Crippen LogP contribution in [0.1, 0.15) is 24.8 Å². The van der Waals surface area contributed by atoms with Gasteiger partial charge in [0.15, 0.2) is 5.79 Å². The molecule has 98 valence electrons. The van der Waals surface area contributed by atoms with E-state index in [0.29, 0.717) is 5.92 Å². The van der Waals surface area contributed by atoms with Crippen molar-refractivity contribution >= 4 is 0 Å². The zero-order valence-electron chi connectivity index (χ0n) is 10.9. The summed E-state index contributed by atoms with van der Waals surface area (Å²) in [5.41, 5.74) is 1.35. The van der Waals surface area contributed by atoms with Crippen LogP contribution in [0, 0.1) is 5.92 Å². The quantitative estimate of drug-likeness (QED) is 0.823. The molecule has 0 saturated carbocycles. The summed E-state index contributed by atoms with van der Waals surface area (Å²) in [7, 11) is 1.70. The van der Waals surface area contributed by atoms with Crippen molar-refractivity contribution in [1.29, 1.82) is 0 Å². The molecule has 0 amide bonds. The van der Waals surface area contributed by atoms with Crippen LogP contribution in [0.15, 0.2) is 24.3 Å². The Morgan fingerprint density at radius 2 is 2.11 bits per heavy atom. The van der Waals surface area contributed by atoms with Crippen molar-refractivity contribution in [2.24, 2.45) is 5.92 Å². The van der Waals surface area contributed by atoms with Crippen LogP contribution in [0.4, 0.5) is 0 Å². The molecule has 1 spiro atoms. The monoisotopic (exact) mass is 248 g/mol. The summed E-state index contributed by atoms with van der Waals surface area (Å²) in [6, 6.07) is 8.32. The van der Waals surface area contributed by atoms with Crippen molar-refractivity contribution in [3.63, 3.8) is 0 Å². The van der Waals surface area contributed by atoms with Gasteiger partial charge in [-0.3, -0.25) is 0 Å². The van der Waals surface area contributed by atoms with Crippen molar-refractivity contribution in [1.82, 2.24) is 0 Å². The molecular formula is C15H20O3. The Morgan fingerprint density at radius 1 is 1.28 bits per heavy atom. The minimum absolute atomic E-state index is 0.239. The fourth-order valence-corrected chi connectivity index (χ4v) is 3.00. The highest BCUT2D eigenvalue weighted by Gasteiger charge is 2.43. The maximum atomic E-state index is 5.88. The van der Waals surface area contributed by atoms with Crippen molar-refractivity contribution in [3.8, 4) is 5.75 Å². The van der Waals surface area contributed by atoms with Crippen LogP contribution >= 0.6 is 0 Å². The highest BCUT2D eigenvalue weighted by atomic mass is 16.7. The first kappa shape index (κ1) is 12.0. The number of methoxy groups -OCH3 is 1. The molecule has 3 heteroatoms. The molecule has 2 heterocycles. The van der Waals surface area contributed by atoms with Crippen LogP contribution in [-0.4, -0.2) is 26.1 Å². The molecule has 2 aliphatic heterocycles. The van der Waals surface area contributed by atoms with Gasteiger partial charge in [-0.1, -0.05) is 12.1 Å². The standard InChI is InChI=1S/C15H20O3/c1-16-14-5-3-12(4-6-14)9-13-10-15(18-11-13)7-2-8-17-15/h3-6,13H,2,7-11H2,1H3/t13-,15+/m1/s1. The van der Waals surface area contributed by atoms with Crippen LogP contribution in [0.2, 0.25) is 0 Å².